The van der Waals surface area contributed by atoms with Gasteiger partial charge in [0.25, 0.3) is 0 Å². The molecule has 3 aromatic heterocycles. The van der Waals surface area contributed by atoms with Crippen LogP contribution in [-0.2, 0) is 16.1 Å². The normalized spacial score (nSPS) is 20.9. The van der Waals surface area contributed by atoms with E-state index in [1.165, 1.54) is 12.4 Å². The van der Waals surface area contributed by atoms with Crippen molar-refractivity contribution >= 4 is 61.3 Å². The third-order valence-corrected chi connectivity index (χ3v) is 7.35. The van der Waals surface area contributed by atoms with E-state index in [1.807, 2.05) is 0 Å². The van der Waals surface area contributed by atoms with E-state index in [0.717, 1.165) is 6.42 Å². The Bertz CT molecular complexity index is 1540. The number of nitrogens with zero attached hydrogens (tertiary/aromatic N) is 5. The standard InChI is InChI=1S/C24H21BrFN7O2/c1-11-5-16-13(8-14(11)26)21-22(27)28-10-29-23(21)32(16)9-20(34)33-15-6-12(15)7-17(33)24(35)31-19-4-2-3-18(25)30-19/h2-5,8,10,12,15,17H,6-7,9H2,1H3,(H2,27,28,29)(H,30,31,35)/t12?,15-,17+/m1/s1. The number of pyridine rings is 1. The first kappa shape index (κ1) is 21.9. The Labute approximate surface area is 207 Å². The number of benzene rings is 1. The molecule has 6 rings (SSSR count). The van der Waals surface area contributed by atoms with Gasteiger partial charge in [0.05, 0.1) is 10.9 Å². The third-order valence-electron chi connectivity index (χ3n) is 6.90. The van der Waals surface area contributed by atoms with E-state index in [-0.39, 0.29) is 36.0 Å². The molecule has 0 radical (unpaired) electrons. The first-order valence-corrected chi connectivity index (χ1v) is 12.0. The van der Waals surface area contributed by atoms with E-state index in [1.54, 1.807) is 40.7 Å². The first-order valence-electron chi connectivity index (χ1n) is 11.2. The fourth-order valence-electron chi connectivity index (χ4n) is 5.17. The highest BCUT2D eigenvalue weighted by Crippen LogP contribution is 2.48. The molecule has 1 aliphatic heterocycles. The fraction of sp³-hybridized carbons (Fsp3) is 0.292. The molecule has 2 aliphatic rings. The molecule has 1 aliphatic carbocycles. The Kier molecular flexibility index (Phi) is 4.99. The van der Waals surface area contributed by atoms with Gasteiger partial charge in [0, 0.05) is 11.4 Å². The summed E-state index contributed by atoms with van der Waals surface area (Å²) in [5.41, 5.74) is 7.65. The molecule has 1 aromatic carbocycles. The van der Waals surface area contributed by atoms with Crippen LogP contribution in [0.4, 0.5) is 16.0 Å². The van der Waals surface area contributed by atoms with Crippen LogP contribution in [0.25, 0.3) is 21.9 Å². The van der Waals surface area contributed by atoms with Gasteiger partial charge in [-0.25, -0.2) is 19.3 Å². The number of piperidine rings is 1. The summed E-state index contributed by atoms with van der Waals surface area (Å²) in [5, 5.41) is 3.89. The number of aryl methyl sites for hydroxylation is 1. The smallest absolute Gasteiger partial charge is 0.248 e. The number of halogens is 2. The molecule has 9 nitrogen and oxygen atoms in total. The van der Waals surface area contributed by atoms with Gasteiger partial charge in [-0.15, -0.1) is 0 Å². The molecular weight excluding hydrogens is 517 g/mol. The van der Waals surface area contributed by atoms with E-state index in [9.17, 15) is 14.0 Å². The van der Waals surface area contributed by atoms with Crippen molar-refractivity contribution in [3.63, 3.8) is 0 Å². The van der Waals surface area contributed by atoms with Gasteiger partial charge in [-0.2, -0.15) is 0 Å². The molecule has 2 amide bonds. The van der Waals surface area contributed by atoms with Gasteiger partial charge in [-0.05, 0) is 71.4 Å². The zero-order valence-electron chi connectivity index (χ0n) is 18.7. The van der Waals surface area contributed by atoms with E-state index < -0.39 is 6.04 Å². The van der Waals surface area contributed by atoms with Crippen LogP contribution >= 0.6 is 15.9 Å². The number of likely N-dealkylation sites (tertiary alicyclic amines) is 1. The SMILES string of the molecule is Cc1cc2c(cc1F)c1c(N)ncnc1n2CC(=O)N1[C@@H]2CC2C[C@H]1C(=O)Nc1cccc(Br)n1. The third kappa shape index (κ3) is 3.61. The van der Waals surface area contributed by atoms with Crippen LogP contribution in [0.5, 0.6) is 0 Å². The van der Waals surface area contributed by atoms with E-state index in [0.29, 0.717) is 50.3 Å². The topological polar surface area (TPSA) is 119 Å². The Morgan fingerprint density at radius 2 is 2.09 bits per heavy atom. The van der Waals surface area contributed by atoms with Crippen molar-refractivity contribution in [1.82, 2.24) is 24.4 Å². The van der Waals surface area contributed by atoms with Crippen LogP contribution in [0.15, 0.2) is 41.3 Å². The zero-order valence-corrected chi connectivity index (χ0v) is 20.3. The predicted octanol–water partition coefficient (Wildman–Crippen LogP) is 3.40. The maximum absolute atomic E-state index is 14.4. The molecular formula is C24H21BrFN7O2. The maximum Gasteiger partial charge on any atom is 0.248 e. The lowest BCUT2D eigenvalue weighted by atomic mass is 10.1. The molecule has 178 valence electrons. The van der Waals surface area contributed by atoms with Crippen molar-refractivity contribution in [2.24, 2.45) is 5.92 Å². The summed E-state index contributed by atoms with van der Waals surface area (Å²) in [5.74, 6) is 0.126. The Hall–Kier alpha value is -3.60. The quantitative estimate of drug-likeness (QED) is 0.385. The monoisotopic (exact) mass is 537 g/mol. The number of nitrogen functional groups attached to an aromatic ring is 1. The molecule has 0 bridgehead atoms. The van der Waals surface area contributed by atoms with Crippen molar-refractivity contribution in [3.8, 4) is 0 Å². The summed E-state index contributed by atoms with van der Waals surface area (Å²) in [6.45, 7) is 1.61. The minimum absolute atomic E-state index is 0.0423. The number of fused-ring (bicyclic) bond motifs is 4. The summed E-state index contributed by atoms with van der Waals surface area (Å²) in [6.07, 6.45) is 2.83. The highest BCUT2D eigenvalue weighted by molar-refractivity contribution is 9.10. The van der Waals surface area contributed by atoms with Crippen LogP contribution in [0.3, 0.4) is 0 Å². The summed E-state index contributed by atoms with van der Waals surface area (Å²) < 4.78 is 16.8. The second-order valence-corrected chi connectivity index (χ2v) is 9.93. The number of hydrogen-bond donors (Lipinski definition) is 2. The molecule has 35 heavy (non-hydrogen) atoms. The predicted molar refractivity (Wildman–Crippen MR) is 132 cm³/mol. The first-order chi connectivity index (χ1) is 16.8. The maximum atomic E-state index is 14.4. The van der Waals surface area contributed by atoms with Crippen LogP contribution in [-0.4, -0.2) is 48.3 Å². The van der Waals surface area contributed by atoms with Gasteiger partial charge in [0.15, 0.2) is 0 Å². The average Bonchev–Trinajstić information content (AvgIpc) is 3.37. The van der Waals surface area contributed by atoms with Crippen molar-refractivity contribution in [2.75, 3.05) is 11.1 Å². The van der Waals surface area contributed by atoms with E-state index in [2.05, 4.69) is 36.2 Å². The summed E-state index contributed by atoms with van der Waals surface area (Å²) >= 11 is 3.30. The van der Waals surface area contributed by atoms with Gasteiger partial charge >= 0.3 is 0 Å². The second-order valence-electron chi connectivity index (χ2n) is 9.11. The molecule has 1 saturated heterocycles. The zero-order chi connectivity index (χ0) is 24.4. The Morgan fingerprint density at radius 1 is 1.26 bits per heavy atom. The van der Waals surface area contributed by atoms with E-state index in [4.69, 9.17) is 5.73 Å². The number of nitrogens with two attached hydrogens (primary N) is 1. The number of carbonyl (C=O) groups is 2. The Morgan fingerprint density at radius 3 is 2.89 bits per heavy atom. The summed E-state index contributed by atoms with van der Waals surface area (Å²) in [4.78, 5) is 41.1. The average molecular weight is 538 g/mol. The van der Waals surface area contributed by atoms with Crippen molar-refractivity contribution in [2.45, 2.75) is 38.4 Å². The number of rotatable bonds is 4. The minimum atomic E-state index is -0.584. The van der Waals surface area contributed by atoms with Gasteiger partial charge in [0.2, 0.25) is 11.8 Å². The van der Waals surface area contributed by atoms with Crippen LogP contribution in [0, 0.1) is 18.7 Å². The van der Waals surface area contributed by atoms with Crippen molar-refractivity contribution in [3.05, 3.63) is 52.6 Å². The number of amides is 2. The van der Waals surface area contributed by atoms with Gasteiger partial charge in [-0.3, -0.25) is 9.59 Å². The lowest BCUT2D eigenvalue weighted by Gasteiger charge is -2.27. The highest BCUT2D eigenvalue weighted by atomic mass is 79.9. The number of aromatic nitrogens is 4. The van der Waals surface area contributed by atoms with Gasteiger partial charge < -0.3 is 20.5 Å². The van der Waals surface area contributed by atoms with Crippen LogP contribution < -0.4 is 11.1 Å². The van der Waals surface area contributed by atoms with Gasteiger partial charge in [-0.1, -0.05) is 6.07 Å². The molecule has 0 spiro atoms. The molecule has 4 aromatic rings. The number of anilines is 2. The Balaban J connectivity index is 1.34. The molecule has 3 N–H and O–H groups in total. The molecule has 2 fully saturated rings. The van der Waals surface area contributed by atoms with Crippen molar-refractivity contribution in [1.29, 1.82) is 0 Å². The second kappa shape index (κ2) is 7.98. The van der Waals surface area contributed by atoms with Crippen LogP contribution in [0.1, 0.15) is 18.4 Å². The summed E-state index contributed by atoms with van der Waals surface area (Å²) in [7, 11) is 0. The summed E-state index contributed by atoms with van der Waals surface area (Å²) in [6, 6.07) is 7.80. The lowest BCUT2D eigenvalue weighted by molar-refractivity contribution is -0.138. The molecule has 3 atom stereocenters. The molecule has 1 unspecified atom stereocenters. The minimum Gasteiger partial charge on any atom is -0.383 e. The molecule has 4 heterocycles. The highest BCUT2D eigenvalue weighted by Gasteiger charge is 2.56. The number of hydrogen-bond acceptors (Lipinski definition) is 6. The lowest BCUT2D eigenvalue weighted by Crippen LogP contribution is -2.46. The number of carbonyl (C=O) groups excluding carboxylic acids is 2. The van der Waals surface area contributed by atoms with Gasteiger partial charge in [0.1, 0.15) is 46.6 Å². The fourth-order valence-corrected chi connectivity index (χ4v) is 5.51. The largest absolute Gasteiger partial charge is 0.383 e. The van der Waals surface area contributed by atoms with Crippen molar-refractivity contribution < 1.29 is 14.0 Å². The van der Waals surface area contributed by atoms with E-state index >= 15 is 0 Å². The van der Waals surface area contributed by atoms with Crippen LogP contribution in [0.2, 0.25) is 0 Å². The molecule has 1 saturated carbocycles. The molecule has 11 heteroatoms. The number of nitrogens with one attached hydrogen (secondary N) is 1.